The van der Waals surface area contributed by atoms with Crippen LogP contribution in [0.2, 0.25) is 5.02 Å². The standard InChI is InChI=1S/C15H8BrClFNO2/c16-9-3-1-2-8(4-9)7-19-13-6-12(18)11(17)5-10(13)14(20)15(19)21/h1-6H,7H2. The van der Waals surface area contributed by atoms with Crippen molar-refractivity contribution in [1.29, 1.82) is 0 Å². The van der Waals surface area contributed by atoms with Crippen LogP contribution in [0.3, 0.4) is 0 Å². The van der Waals surface area contributed by atoms with E-state index in [9.17, 15) is 14.0 Å². The molecule has 1 amide bonds. The van der Waals surface area contributed by atoms with Gasteiger partial charge in [0.15, 0.2) is 0 Å². The molecule has 0 bridgehead atoms. The minimum absolute atomic E-state index is 0.140. The number of ketones is 1. The van der Waals surface area contributed by atoms with Gasteiger partial charge in [-0.05, 0) is 29.8 Å². The molecule has 1 heterocycles. The quantitative estimate of drug-likeness (QED) is 0.752. The molecule has 0 fully saturated rings. The van der Waals surface area contributed by atoms with E-state index in [1.807, 2.05) is 24.3 Å². The van der Waals surface area contributed by atoms with Crippen molar-refractivity contribution < 1.29 is 14.0 Å². The van der Waals surface area contributed by atoms with Gasteiger partial charge in [-0.1, -0.05) is 39.7 Å². The van der Waals surface area contributed by atoms with Crippen molar-refractivity contribution in [3.63, 3.8) is 0 Å². The Hall–Kier alpha value is -1.72. The highest BCUT2D eigenvalue weighted by atomic mass is 79.9. The molecule has 0 saturated heterocycles. The molecule has 21 heavy (non-hydrogen) atoms. The molecular weight excluding hydrogens is 361 g/mol. The Morgan fingerprint density at radius 3 is 2.67 bits per heavy atom. The molecule has 2 aromatic rings. The third-order valence-corrected chi connectivity index (χ3v) is 4.03. The lowest BCUT2D eigenvalue weighted by molar-refractivity contribution is -0.114. The molecule has 106 valence electrons. The number of amides is 1. The number of rotatable bonds is 2. The van der Waals surface area contributed by atoms with Crippen molar-refractivity contribution >= 4 is 44.9 Å². The number of fused-ring (bicyclic) bond motifs is 1. The largest absolute Gasteiger partial charge is 0.300 e. The van der Waals surface area contributed by atoms with E-state index in [0.717, 1.165) is 16.1 Å². The van der Waals surface area contributed by atoms with E-state index in [-0.39, 0.29) is 22.8 Å². The highest BCUT2D eigenvalue weighted by molar-refractivity contribution is 9.10. The summed E-state index contributed by atoms with van der Waals surface area (Å²) in [5.74, 6) is -1.99. The van der Waals surface area contributed by atoms with E-state index in [0.29, 0.717) is 0 Å². The number of carbonyl (C=O) groups excluding carboxylic acids is 2. The summed E-state index contributed by atoms with van der Waals surface area (Å²) in [6.07, 6.45) is 0. The zero-order valence-corrected chi connectivity index (χ0v) is 12.9. The number of anilines is 1. The number of hydrogen-bond donors (Lipinski definition) is 0. The van der Waals surface area contributed by atoms with Crippen LogP contribution in [0, 0.1) is 5.82 Å². The van der Waals surface area contributed by atoms with Gasteiger partial charge in [0.25, 0.3) is 11.7 Å². The molecule has 6 heteroatoms. The number of hydrogen-bond acceptors (Lipinski definition) is 2. The van der Waals surface area contributed by atoms with Gasteiger partial charge in [0.1, 0.15) is 5.82 Å². The van der Waals surface area contributed by atoms with Gasteiger partial charge in [-0.15, -0.1) is 0 Å². The van der Waals surface area contributed by atoms with Crippen LogP contribution >= 0.6 is 27.5 Å². The zero-order chi connectivity index (χ0) is 15.1. The molecule has 0 saturated carbocycles. The van der Waals surface area contributed by atoms with Crippen LogP contribution in [0.25, 0.3) is 0 Å². The van der Waals surface area contributed by atoms with Gasteiger partial charge in [-0.3, -0.25) is 9.59 Å². The van der Waals surface area contributed by atoms with Crippen molar-refractivity contribution in [2.75, 3.05) is 4.90 Å². The van der Waals surface area contributed by atoms with Crippen molar-refractivity contribution in [2.24, 2.45) is 0 Å². The highest BCUT2D eigenvalue weighted by Gasteiger charge is 2.36. The first kappa shape index (κ1) is 14.2. The predicted molar refractivity (Wildman–Crippen MR) is 81.1 cm³/mol. The molecule has 0 atom stereocenters. The lowest BCUT2D eigenvalue weighted by atomic mass is 10.1. The summed E-state index contributed by atoms with van der Waals surface area (Å²) in [6, 6.07) is 9.67. The van der Waals surface area contributed by atoms with Crippen LogP contribution in [-0.4, -0.2) is 11.7 Å². The molecule has 0 aliphatic carbocycles. The fourth-order valence-corrected chi connectivity index (χ4v) is 2.87. The Morgan fingerprint density at radius 1 is 1.19 bits per heavy atom. The normalized spacial score (nSPS) is 13.8. The lowest BCUT2D eigenvalue weighted by Gasteiger charge is -2.17. The van der Waals surface area contributed by atoms with E-state index in [1.165, 1.54) is 11.0 Å². The second-order valence-corrected chi connectivity index (χ2v) is 5.96. The third-order valence-electron chi connectivity index (χ3n) is 3.24. The van der Waals surface area contributed by atoms with Crippen molar-refractivity contribution in [2.45, 2.75) is 6.54 Å². The summed E-state index contributed by atoms with van der Waals surface area (Å²) in [5.41, 5.74) is 1.22. The van der Waals surface area contributed by atoms with Crippen molar-refractivity contribution in [3.8, 4) is 0 Å². The van der Waals surface area contributed by atoms with Crippen LogP contribution in [0.1, 0.15) is 15.9 Å². The first-order valence-corrected chi connectivity index (χ1v) is 7.24. The van der Waals surface area contributed by atoms with E-state index < -0.39 is 17.5 Å². The summed E-state index contributed by atoms with van der Waals surface area (Å²) >= 11 is 9.01. The van der Waals surface area contributed by atoms with Crippen LogP contribution in [0.15, 0.2) is 40.9 Å². The van der Waals surface area contributed by atoms with E-state index >= 15 is 0 Å². The topological polar surface area (TPSA) is 37.4 Å². The number of nitrogens with zero attached hydrogens (tertiary/aromatic N) is 1. The van der Waals surface area contributed by atoms with E-state index in [1.54, 1.807) is 0 Å². The van der Waals surface area contributed by atoms with Gasteiger partial charge in [0, 0.05) is 4.47 Å². The van der Waals surface area contributed by atoms with Crippen LogP contribution in [-0.2, 0) is 11.3 Å². The monoisotopic (exact) mass is 367 g/mol. The second-order valence-electron chi connectivity index (χ2n) is 4.63. The maximum Gasteiger partial charge on any atom is 0.299 e. The summed E-state index contributed by atoms with van der Waals surface area (Å²) in [6.45, 7) is 0.193. The average Bonchev–Trinajstić information content (AvgIpc) is 2.65. The first-order chi connectivity index (χ1) is 9.97. The number of halogens is 3. The summed E-state index contributed by atoms with van der Waals surface area (Å²) in [5, 5.41) is -0.167. The molecule has 3 nitrogen and oxygen atoms in total. The molecule has 1 aliphatic heterocycles. The van der Waals surface area contributed by atoms with Gasteiger partial charge in [0.05, 0.1) is 22.8 Å². The number of Topliss-reactive ketones (excluding diaryl/α,β-unsaturated/α-hetero) is 1. The van der Waals surface area contributed by atoms with Crippen LogP contribution in [0.5, 0.6) is 0 Å². The van der Waals surface area contributed by atoms with Gasteiger partial charge in [0.2, 0.25) is 0 Å². The van der Waals surface area contributed by atoms with Gasteiger partial charge in [-0.2, -0.15) is 0 Å². The first-order valence-electron chi connectivity index (χ1n) is 6.07. The molecular formula is C15H8BrClFNO2. The Bertz CT molecular complexity index is 778. The fourth-order valence-electron chi connectivity index (χ4n) is 2.26. The Labute approximate surface area is 133 Å². The minimum atomic E-state index is -0.674. The Balaban J connectivity index is 2.03. The second kappa shape index (κ2) is 5.24. The smallest absolute Gasteiger partial charge is 0.299 e. The predicted octanol–water partition coefficient (Wildman–Crippen LogP) is 3.97. The molecule has 1 aliphatic rings. The fraction of sp³-hybridized carbons (Fsp3) is 0.0667. The van der Waals surface area contributed by atoms with E-state index in [2.05, 4.69) is 15.9 Å². The third kappa shape index (κ3) is 2.47. The van der Waals surface area contributed by atoms with Crippen LogP contribution in [0.4, 0.5) is 10.1 Å². The molecule has 0 spiro atoms. The van der Waals surface area contributed by atoms with E-state index in [4.69, 9.17) is 11.6 Å². The SMILES string of the molecule is O=C1C(=O)N(Cc2cccc(Br)c2)c2cc(F)c(Cl)cc21. The summed E-state index contributed by atoms with van der Waals surface area (Å²) < 4.78 is 14.5. The van der Waals surface area contributed by atoms with Gasteiger partial charge in [-0.25, -0.2) is 4.39 Å². The van der Waals surface area contributed by atoms with Crippen molar-refractivity contribution in [1.82, 2.24) is 0 Å². The molecule has 2 aromatic carbocycles. The zero-order valence-electron chi connectivity index (χ0n) is 10.6. The number of benzene rings is 2. The Kier molecular flexibility index (Phi) is 3.55. The van der Waals surface area contributed by atoms with Gasteiger partial charge < -0.3 is 4.90 Å². The molecule has 3 rings (SSSR count). The summed E-state index contributed by atoms with van der Waals surface area (Å²) in [7, 11) is 0. The van der Waals surface area contributed by atoms with Gasteiger partial charge >= 0.3 is 0 Å². The summed E-state index contributed by atoms with van der Waals surface area (Å²) in [4.78, 5) is 25.3. The van der Waals surface area contributed by atoms with Crippen LogP contribution < -0.4 is 4.90 Å². The highest BCUT2D eigenvalue weighted by Crippen LogP contribution is 2.34. The maximum absolute atomic E-state index is 13.6. The minimum Gasteiger partial charge on any atom is -0.300 e. The molecule has 0 unspecified atom stereocenters. The number of carbonyl (C=O) groups is 2. The molecule has 0 N–H and O–H groups in total. The Morgan fingerprint density at radius 2 is 1.95 bits per heavy atom. The average molecular weight is 369 g/mol. The molecule has 0 aromatic heterocycles. The molecule has 0 radical (unpaired) electrons. The lowest BCUT2D eigenvalue weighted by Crippen LogP contribution is -2.29. The van der Waals surface area contributed by atoms with Crippen molar-refractivity contribution in [3.05, 3.63) is 62.8 Å². The maximum atomic E-state index is 13.6.